The number of nitrogens with zero attached hydrogens (tertiary/aromatic N) is 3. The summed E-state index contributed by atoms with van der Waals surface area (Å²) in [6, 6.07) is 11.7. The van der Waals surface area contributed by atoms with Crippen molar-refractivity contribution < 1.29 is 9.59 Å². The second-order valence-corrected chi connectivity index (χ2v) is 10.7. The van der Waals surface area contributed by atoms with Crippen molar-refractivity contribution in [2.45, 2.75) is 45.8 Å². The van der Waals surface area contributed by atoms with Gasteiger partial charge in [-0.2, -0.15) is 0 Å². The minimum absolute atomic E-state index is 0.00508. The van der Waals surface area contributed by atoms with Crippen molar-refractivity contribution in [3.63, 3.8) is 0 Å². The lowest BCUT2D eigenvalue weighted by molar-refractivity contribution is 0.0648. The second-order valence-electron chi connectivity index (χ2n) is 9.92. The normalized spacial score (nSPS) is 14.9. The third-order valence-electron chi connectivity index (χ3n) is 6.83. The largest absolute Gasteiger partial charge is 0.355 e. The number of aromatic nitrogens is 3. The van der Waals surface area contributed by atoms with Crippen LogP contribution in [0.2, 0.25) is 10.0 Å². The molecule has 2 amide bonds. The molecule has 1 aliphatic rings. The van der Waals surface area contributed by atoms with Crippen LogP contribution in [0.1, 0.15) is 52.9 Å². The Labute approximate surface area is 235 Å². The molecular weight excluding hydrogens is 539 g/mol. The molecule has 5 rings (SSSR count). The van der Waals surface area contributed by atoms with Gasteiger partial charge in [-0.05, 0) is 69.7 Å². The second kappa shape index (κ2) is 10.4. The van der Waals surface area contributed by atoms with Gasteiger partial charge in [0.15, 0.2) is 0 Å². The number of halogens is 2. The van der Waals surface area contributed by atoms with Crippen LogP contribution in [0.4, 0.5) is 5.95 Å². The van der Waals surface area contributed by atoms with E-state index in [1.165, 1.54) is 4.57 Å². The van der Waals surface area contributed by atoms with Crippen LogP contribution in [0.3, 0.4) is 0 Å². The Morgan fingerprint density at radius 2 is 1.85 bits per heavy atom. The number of rotatable bonds is 5. The summed E-state index contributed by atoms with van der Waals surface area (Å²) in [5.41, 5.74) is 3.07. The van der Waals surface area contributed by atoms with E-state index < -0.39 is 0 Å². The van der Waals surface area contributed by atoms with E-state index in [0.717, 1.165) is 0 Å². The van der Waals surface area contributed by atoms with E-state index in [1.54, 1.807) is 54.4 Å². The molecule has 0 unspecified atom stereocenters. The van der Waals surface area contributed by atoms with Gasteiger partial charge in [-0.15, -0.1) is 0 Å². The molecule has 0 aliphatic carbocycles. The number of fused-ring (bicyclic) bond motifs is 2. The molecule has 3 N–H and O–H groups in total. The Kier molecular flexibility index (Phi) is 7.13. The number of aromatic amines is 1. The van der Waals surface area contributed by atoms with Crippen molar-refractivity contribution in [2.24, 2.45) is 0 Å². The van der Waals surface area contributed by atoms with Crippen LogP contribution in [-0.2, 0) is 13.0 Å². The highest BCUT2D eigenvalue weighted by Crippen LogP contribution is 2.32. The molecule has 0 radical (unpaired) electrons. The average Bonchev–Trinajstić information content (AvgIpc) is 3.35. The molecule has 1 atom stereocenters. The van der Waals surface area contributed by atoms with E-state index in [4.69, 9.17) is 28.2 Å². The van der Waals surface area contributed by atoms with Gasteiger partial charge in [0, 0.05) is 41.2 Å². The minimum atomic E-state index is -0.252. The van der Waals surface area contributed by atoms with E-state index >= 15 is 0 Å². The lowest BCUT2D eigenvalue weighted by atomic mass is 9.99. The van der Waals surface area contributed by atoms with Gasteiger partial charge < -0.3 is 20.5 Å². The number of amides is 2. The smallest absolute Gasteiger partial charge is 0.270 e. The van der Waals surface area contributed by atoms with E-state index in [2.05, 4.69) is 15.6 Å². The fourth-order valence-electron chi connectivity index (χ4n) is 4.84. The van der Waals surface area contributed by atoms with Gasteiger partial charge >= 0.3 is 0 Å². The molecular formula is C28H28Cl2N6O3. The molecule has 0 spiro atoms. The highest BCUT2D eigenvalue weighted by molar-refractivity contribution is 6.45. The Morgan fingerprint density at radius 3 is 2.51 bits per heavy atom. The van der Waals surface area contributed by atoms with Crippen LogP contribution in [0.15, 0.2) is 47.3 Å². The molecule has 39 heavy (non-hydrogen) atoms. The number of carbonyl (C=O) groups is 2. The summed E-state index contributed by atoms with van der Waals surface area (Å²) >= 11 is 12.5. The Bertz CT molecular complexity index is 1660. The molecule has 4 aromatic rings. The fraction of sp³-hybridized carbons (Fsp3) is 0.286. The lowest BCUT2D eigenvalue weighted by Crippen LogP contribution is -2.46. The molecule has 1 aliphatic heterocycles. The number of hydrogen-bond acceptors (Lipinski definition) is 5. The highest BCUT2D eigenvalue weighted by atomic mass is 35.5. The maximum absolute atomic E-state index is 13.8. The van der Waals surface area contributed by atoms with Crippen molar-refractivity contribution in [3.8, 4) is 5.69 Å². The first-order valence-electron chi connectivity index (χ1n) is 12.6. The zero-order valence-electron chi connectivity index (χ0n) is 21.9. The Hall–Kier alpha value is -3.82. The van der Waals surface area contributed by atoms with Gasteiger partial charge in [0.2, 0.25) is 5.95 Å². The molecule has 0 bridgehead atoms. The van der Waals surface area contributed by atoms with Crippen LogP contribution >= 0.6 is 23.2 Å². The molecule has 3 heterocycles. The van der Waals surface area contributed by atoms with Crippen molar-refractivity contribution in [1.82, 2.24) is 24.8 Å². The zero-order chi connectivity index (χ0) is 28.0. The monoisotopic (exact) mass is 566 g/mol. The summed E-state index contributed by atoms with van der Waals surface area (Å²) in [4.78, 5) is 49.1. The van der Waals surface area contributed by atoms with Crippen molar-refractivity contribution in [3.05, 3.63) is 85.4 Å². The first-order valence-corrected chi connectivity index (χ1v) is 13.4. The van der Waals surface area contributed by atoms with Crippen LogP contribution < -0.4 is 16.2 Å². The molecule has 202 valence electrons. The van der Waals surface area contributed by atoms with Crippen LogP contribution in [0.25, 0.3) is 16.6 Å². The van der Waals surface area contributed by atoms with Crippen molar-refractivity contribution in [2.75, 3.05) is 12.4 Å². The van der Waals surface area contributed by atoms with E-state index in [-0.39, 0.29) is 36.0 Å². The van der Waals surface area contributed by atoms with Crippen molar-refractivity contribution in [1.29, 1.82) is 0 Å². The molecule has 2 aromatic carbocycles. The zero-order valence-corrected chi connectivity index (χ0v) is 23.4. The summed E-state index contributed by atoms with van der Waals surface area (Å²) in [6.45, 7) is 6.00. The molecule has 2 aromatic heterocycles. The number of anilines is 1. The summed E-state index contributed by atoms with van der Waals surface area (Å²) in [7, 11) is 1.57. The maximum Gasteiger partial charge on any atom is 0.270 e. The van der Waals surface area contributed by atoms with E-state index in [0.29, 0.717) is 61.5 Å². The Morgan fingerprint density at radius 1 is 1.13 bits per heavy atom. The molecule has 0 fully saturated rings. The summed E-state index contributed by atoms with van der Waals surface area (Å²) in [5, 5.41) is 7.33. The van der Waals surface area contributed by atoms with Gasteiger partial charge in [-0.1, -0.05) is 23.2 Å². The number of H-pyrrole nitrogens is 1. The van der Waals surface area contributed by atoms with Crippen LogP contribution in [0, 0.1) is 0 Å². The third-order valence-corrected chi connectivity index (χ3v) is 7.65. The summed E-state index contributed by atoms with van der Waals surface area (Å²) in [6.07, 6.45) is 0.345. The number of nitrogens with one attached hydrogen (secondary N) is 3. The first-order chi connectivity index (χ1) is 18.6. The Balaban J connectivity index is 1.53. The van der Waals surface area contributed by atoms with Crippen LogP contribution in [0.5, 0.6) is 0 Å². The highest BCUT2D eigenvalue weighted by Gasteiger charge is 2.32. The topological polar surface area (TPSA) is 112 Å². The van der Waals surface area contributed by atoms with Crippen LogP contribution in [-0.4, -0.2) is 50.4 Å². The predicted molar refractivity (Wildman–Crippen MR) is 153 cm³/mol. The maximum atomic E-state index is 13.8. The summed E-state index contributed by atoms with van der Waals surface area (Å²) < 4.78 is 1.53. The molecule has 9 nitrogen and oxygen atoms in total. The third kappa shape index (κ3) is 4.88. The van der Waals surface area contributed by atoms with Gasteiger partial charge in [0.05, 0.1) is 28.0 Å². The van der Waals surface area contributed by atoms with Gasteiger partial charge in [-0.3, -0.25) is 14.4 Å². The quantitative estimate of drug-likeness (QED) is 0.321. The number of carbonyl (C=O) groups excluding carboxylic acids is 2. The van der Waals surface area contributed by atoms with E-state index in [1.807, 2.05) is 20.8 Å². The van der Waals surface area contributed by atoms with Gasteiger partial charge in [0.1, 0.15) is 5.69 Å². The molecule has 11 heteroatoms. The first kappa shape index (κ1) is 26.8. The van der Waals surface area contributed by atoms with E-state index in [9.17, 15) is 14.4 Å². The summed E-state index contributed by atoms with van der Waals surface area (Å²) in [5.74, 6) is -0.0574. The SMILES string of the molecule is CNC(=O)c1ccc(-n2c(NC(C)C)nc3c(c2=O)C[C@@H](C)N(C(=O)c2cc4c(Cl)c(Cl)ccc4[nH]2)C3)cc1. The molecule has 0 saturated heterocycles. The standard InChI is InChI=1S/C28H28Cl2N6O3/c1-14(2)32-28-34-23-13-35(27(39)22-12-18-21(33-22)10-9-20(29)24(18)30)15(3)11-19(23)26(38)36(28)17-7-5-16(6-8-17)25(37)31-4/h5-10,12,14-15,33H,11,13H2,1-4H3,(H,31,37)(H,32,34)/t15-/m1/s1. The number of hydrogen-bond donors (Lipinski definition) is 3. The lowest BCUT2D eigenvalue weighted by Gasteiger charge is -2.34. The van der Waals surface area contributed by atoms with Gasteiger partial charge in [0.25, 0.3) is 17.4 Å². The average molecular weight is 567 g/mol. The van der Waals surface area contributed by atoms with Gasteiger partial charge in [-0.25, -0.2) is 9.55 Å². The minimum Gasteiger partial charge on any atom is -0.355 e. The number of benzene rings is 2. The van der Waals surface area contributed by atoms with Crippen molar-refractivity contribution >= 4 is 51.9 Å². The fourth-order valence-corrected chi connectivity index (χ4v) is 5.23. The molecule has 0 saturated carbocycles. The predicted octanol–water partition coefficient (Wildman–Crippen LogP) is 4.79.